The molecule has 0 radical (unpaired) electrons. The molecular formula is C15H13ClN2O3. The molecule has 1 amide bonds. The zero-order valence-corrected chi connectivity index (χ0v) is 12.1. The van der Waals surface area contributed by atoms with Gasteiger partial charge in [0.1, 0.15) is 0 Å². The van der Waals surface area contributed by atoms with Gasteiger partial charge in [-0.2, -0.15) is 0 Å². The molecule has 0 bridgehead atoms. The Morgan fingerprint density at radius 3 is 2.67 bits per heavy atom. The van der Waals surface area contributed by atoms with E-state index in [1.165, 1.54) is 12.1 Å². The summed E-state index contributed by atoms with van der Waals surface area (Å²) in [6.07, 6.45) is 0. The number of hydrogen-bond acceptors (Lipinski definition) is 3. The number of hydrogen-bond donors (Lipinski definition) is 1. The summed E-state index contributed by atoms with van der Waals surface area (Å²) >= 11 is 5.75. The molecule has 0 unspecified atom stereocenters. The molecule has 0 saturated heterocycles. The van der Waals surface area contributed by atoms with Gasteiger partial charge in [0.15, 0.2) is 0 Å². The molecule has 1 N–H and O–H groups in total. The van der Waals surface area contributed by atoms with Gasteiger partial charge in [-0.15, -0.1) is 11.6 Å². The van der Waals surface area contributed by atoms with Crippen LogP contribution in [0.2, 0.25) is 0 Å². The first kappa shape index (κ1) is 15.0. The van der Waals surface area contributed by atoms with Crippen LogP contribution in [0.3, 0.4) is 0 Å². The molecule has 2 aromatic carbocycles. The summed E-state index contributed by atoms with van der Waals surface area (Å²) in [5, 5.41) is 13.6. The van der Waals surface area contributed by atoms with Gasteiger partial charge < -0.3 is 5.32 Å². The Morgan fingerprint density at radius 2 is 2.00 bits per heavy atom. The first-order valence-electron chi connectivity index (χ1n) is 6.23. The SMILES string of the molecule is Cc1c(C(=O)Nc2cccc(CCl)c2)cccc1[N+](=O)[O-]. The van der Waals surface area contributed by atoms with Gasteiger partial charge in [-0.1, -0.05) is 18.2 Å². The van der Waals surface area contributed by atoms with Crippen LogP contribution in [0, 0.1) is 17.0 Å². The van der Waals surface area contributed by atoms with Crippen LogP contribution in [0.4, 0.5) is 11.4 Å². The molecule has 2 rings (SSSR count). The molecule has 5 nitrogen and oxygen atoms in total. The number of nitrogens with one attached hydrogen (secondary N) is 1. The number of benzene rings is 2. The molecule has 0 saturated carbocycles. The lowest BCUT2D eigenvalue weighted by molar-refractivity contribution is -0.385. The number of anilines is 1. The molecule has 0 aliphatic heterocycles. The molecule has 0 heterocycles. The van der Waals surface area contributed by atoms with Crippen LogP contribution < -0.4 is 5.32 Å². The van der Waals surface area contributed by atoms with Crippen molar-refractivity contribution in [2.75, 3.05) is 5.32 Å². The van der Waals surface area contributed by atoms with E-state index in [4.69, 9.17) is 11.6 Å². The fourth-order valence-electron chi connectivity index (χ4n) is 2.00. The van der Waals surface area contributed by atoms with Crippen molar-refractivity contribution in [1.82, 2.24) is 0 Å². The van der Waals surface area contributed by atoms with Crippen molar-refractivity contribution in [3.63, 3.8) is 0 Å². The summed E-state index contributed by atoms with van der Waals surface area (Å²) in [6.45, 7) is 1.56. The lowest BCUT2D eigenvalue weighted by Gasteiger charge is -2.08. The van der Waals surface area contributed by atoms with Gasteiger partial charge in [-0.05, 0) is 30.7 Å². The lowest BCUT2D eigenvalue weighted by Crippen LogP contribution is -2.14. The topological polar surface area (TPSA) is 72.2 Å². The van der Waals surface area contributed by atoms with Crippen molar-refractivity contribution >= 4 is 28.9 Å². The van der Waals surface area contributed by atoms with E-state index in [0.717, 1.165) is 5.56 Å². The molecule has 0 aliphatic carbocycles. The number of carbonyl (C=O) groups excluding carboxylic acids is 1. The van der Waals surface area contributed by atoms with Crippen LogP contribution >= 0.6 is 11.6 Å². The smallest absolute Gasteiger partial charge is 0.273 e. The normalized spacial score (nSPS) is 10.2. The lowest BCUT2D eigenvalue weighted by atomic mass is 10.1. The molecule has 2 aromatic rings. The van der Waals surface area contributed by atoms with Crippen molar-refractivity contribution in [3.8, 4) is 0 Å². The summed E-state index contributed by atoms with van der Waals surface area (Å²) in [5.41, 5.74) is 2.03. The summed E-state index contributed by atoms with van der Waals surface area (Å²) in [5.74, 6) is -0.0394. The Labute approximate surface area is 126 Å². The predicted molar refractivity (Wildman–Crippen MR) is 81.8 cm³/mol. The van der Waals surface area contributed by atoms with Gasteiger partial charge in [0.2, 0.25) is 0 Å². The largest absolute Gasteiger partial charge is 0.322 e. The van der Waals surface area contributed by atoms with Gasteiger partial charge in [0.25, 0.3) is 11.6 Å². The van der Waals surface area contributed by atoms with Crippen LogP contribution in [-0.2, 0) is 5.88 Å². The number of nitro groups is 1. The van der Waals surface area contributed by atoms with E-state index in [-0.39, 0.29) is 17.2 Å². The second-order valence-electron chi connectivity index (χ2n) is 4.49. The van der Waals surface area contributed by atoms with E-state index in [1.54, 1.807) is 31.2 Å². The van der Waals surface area contributed by atoms with E-state index < -0.39 is 4.92 Å². The Bertz CT molecular complexity index is 701. The first-order chi connectivity index (χ1) is 10.0. The standard InChI is InChI=1S/C15H13ClN2O3/c1-10-13(6-3-7-14(10)18(20)21)15(19)17-12-5-2-4-11(8-12)9-16/h2-8H,9H2,1H3,(H,17,19). The number of amides is 1. The summed E-state index contributed by atoms with van der Waals surface area (Å²) in [7, 11) is 0. The molecule has 0 aromatic heterocycles. The van der Waals surface area contributed by atoms with Crippen LogP contribution in [-0.4, -0.2) is 10.8 Å². The predicted octanol–water partition coefficient (Wildman–Crippen LogP) is 3.89. The maximum Gasteiger partial charge on any atom is 0.273 e. The first-order valence-corrected chi connectivity index (χ1v) is 6.76. The van der Waals surface area contributed by atoms with Crippen molar-refractivity contribution in [1.29, 1.82) is 0 Å². The number of rotatable bonds is 4. The molecule has 0 fully saturated rings. The Hall–Kier alpha value is -2.40. The Morgan fingerprint density at radius 1 is 1.29 bits per heavy atom. The minimum absolute atomic E-state index is 0.0721. The Kier molecular flexibility index (Phi) is 4.55. The molecule has 108 valence electrons. The van der Waals surface area contributed by atoms with E-state index in [9.17, 15) is 14.9 Å². The van der Waals surface area contributed by atoms with Gasteiger partial charge in [-0.3, -0.25) is 14.9 Å². The van der Waals surface area contributed by atoms with Gasteiger partial charge in [0.05, 0.1) is 4.92 Å². The van der Waals surface area contributed by atoms with E-state index >= 15 is 0 Å². The van der Waals surface area contributed by atoms with Crippen molar-refractivity contribution in [2.24, 2.45) is 0 Å². The van der Waals surface area contributed by atoms with Gasteiger partial charge in [0, 0.05) is 28.8 Å². The monoisotopic (exact) mass is 304 g/mol. The minimum Gasteiger partial charge on any atom is -0.322 e. The zero-order valence-electron chi connectivity index (χ0n) is 11.3. The van der Waals surface area contributed by atoms with Crippen molar-refractivity contribution in [2.45, 2.75) is 12.8 Å². The highest BCUT2D eigenvalue weighted by Crippen LogP contribution is 2.22. The van der Waals surface area contributed by atoms with E-state index in [2.05, 4.69) is 5.32 Å². The highest BCUT2D eigenvalue weighted by atomic mass is 35.5. The third-order valence-electron chi connectivity index (χ3n) is 3.09. The number of nitrogens with zero attached hydrogens (tertiary/aromatic N) is 1. The second-order valence-corrected chi connectivity index (χ2v) is 4.76. The fourth-order valence-corrected chi connectivity index (χ4v) is 2.16. The fraction of sp³-hybridized carbons (Fsp3) is 0.133. The molecule has 21 heavy (non-hydrogen) atoms. The number of carbonyl (C=O) groups is 1. The maximum atomic E-state index is 12.2. The summed E-state index contributed by atoms with van der Waals surface area (Å²) < 4.78 is 0. The highest BCUT2D eigenvalue weighted by molar-refractivity contribution is 6.17. The summed E-state index contributed by atoms with van der Waals surface area (Å²) in [6, 6.07) is 11.6. The zero-order chi connectivity index (χ0) is 15.4. The molecular weight excluding hydrogens is 292 g/mol. The quantitative estimate of drug-likeness (QED) is 0.529. The van der Waals surface area contributed by atoms with E-state index in [1.807, 2.05) is 6.07 Å². The van der Waals surface area contributed by atoms with E-state index in [0.29, 0.717) is 17.1 Å². The molecule has 0 atom stereocenters. The van der Waals surface area contributed by atoms with Gasteiger partial charge >= 0.3 is 0 Å². The second kappa shape index (κ2) is 6.37. The number of nitro benzene ring substituents is 1. The van der Waals surface area contributed by atoms with Crippen LogP contribution in [0.15, 0.2) is 42.5 Å². The van der Waals surface area contributed by atoms with Crippen LogP contribution in [0.25, 0.3) is 0 Å². The molecule has 0 aliphatic rings. The van der Waals surface area contributed by atoms with Crippen LogP contribution in [0.5, 0.6) is 0 Å². The summed E-state index contributed by atoms with van der Waals surface area (Å²) in [4.78, 5) is 22.6. The Balaban J connectivity index is 2.28. The molecule has 0 spiro atoms. The number of alkyl halides is 1. The average Bonchev–Trinajstić information content (AvgIpc) is 2.47. The highest BCUT2D eigenvalue weighted by Gasteiger charge is 2.17. The third-order valence-corrected chi connectivity index (χ3v) is 3.39. The molecule has 6 heteroatoms. The van der Waals surface area contributed by atoms with Crippen LogP contribution in [0.1, 0.15) is 21.5 Å². The third kappa shape index (κ3) is 3.38. The average molecular weight is 305 g/mol. The number of halogens is 1. The maximum absolute atomic E-state index is 12.2. The van der Waals surface area contributed by atoms with Crippen molar-refractivity contribution < 1.29 is 9.72 Å². The van der Waals surface area contributed by atoms with Crippen molar-refractivity contribution in [3.05, 3.63) is 69.3 Å². The van der Waals surface area contributed by atoms with Gasteiger partial charge in [-0.25, -0.2) is 0 Å². The minimum atomic E-state index is -0.500.